The van der Waals surface area contributed by atoms with Gasteiger partial charge in [-0.2, -0.15) is 4.37 Å². The van der Waals surface area contributed by atoms with Crippen molar-refractivity contribution in [3.8, 4) is 0 Å². The molecule has 0 radical (unpaired) electrons. The second-order valence-corrected chi connectivity index (χ2v) is 4.83. The Morgan fingerprint density at radius 3 is 2.73 bits per heavy atom. The monoisotopic (exact) mass is 247 g/mol. The molecule has 0 unspecified atom stereocenters. The highest BCUT2D eigenvalue weighted by Crippen LogP contribution is 2.20. The van der Waals surface area contributed by atoms with Gasteiger partial charge in [0.15, 0.2) is 0 Å². The molecule has 86 valence electrons. The van der Waals surface area contributed by atoms with E-state index in [1.165, 1.54) is 11.5 Å². The Morgan fingerprint density at radius 2 is 2.20 bits per heavy atom. The third-order valence-electron chi connectivity index (χ3n) is 2.13. The average Bonchev–Trinajstić information content (AvgIpc) is 2.62. The summed E-state index contributed by atoms with van der Waals surface area (Å²) in [5, 5.41) is 0.995. The summed E-state index contributed by atoms with van der Waals surface area (Å²) >= 11 is 7.25. The van der Waals surface area contributed by atoms with Gasteiger partial charge in [-0.1, -0.05) is 6.92 Å². The first-order valence-corrected chi connectivity index (χ1v) is 6.65. The highest BCUT2D eigenvalue weighted by molar-refractivity contribution is 7.09. The van der Waals surface area contributed by atoms with Crippen molar-refractivity contribution >= 4 is 28.3 Å². The lowest BCUT2D eigenvalue weighted by Gasteiger charge is -2.24. The van der Waals surface area contributed by atoms with Crippen LogP contribution < -0.4 is 4.90 Å². The molecule has 0 N–H and O–H groups in total. The van der Waals surface area contributed by atoms with Gasteiger partial charge in [-0.05, 0) is 20.3 Å². The Bertz CT molecular complexity index is 288. The van der Waals surface area contributed by atoms with E-state index >= 15 is 0 Å². The first kappa shape index (κ1) is 12.7. The van der Waals surface area contributed by atoms with Gasteiger partial charge in [-0.15, -0.1) is 11.6 Å². The van der Waals surface area contributed by atoms with Crippen molar-refractivity contribution in [1.82, 2.24) is 9.36 Å². The maximum absolute atomic E-state index is 5.77. The first-order valence-electron chi connectivity index (χ1n) is 5.34. The predicted octanol–water partition coefficient (Wildman–Crippen LogP) is 2.94. The molecule has 1 heterocycles. The lowest BCUT2D eigenvalue weighted by Crippen LogP contribution is -2.32. The second kappa shape index (κ2) is 6.28. The van der Waals surface area contributed by atoms with Gasteiger partial charge < -0.3 is 4.90 Å². The van der Waals surface area contributed by atoms with Gasteiger partial charge in [0, 0.05) is 36.4 Å². The summed E-state index contributed by atoms with van der Waals surface area (Å²) < 4.78 is 4.34. The lowest BCUT2D eigenvalue weighted by atomic mass is 10.3. The summed E-state index contributed by atoms with van der Waals surface area (Å²) in [5.41, 5.74) is 0. The van der Waals surface area contributed by atoms with E-state index < -0.39 is 0 Å². The number of halogens is 1. The van der Waals surface area contributed by atoms with Crippen LogP contribution in [0.15, 0.2) is 0 Å². The first-order chi connectivity index (χ1) is 7.19. The fraction of sp³-hybridized carbons (Fsp3) is 0.800. The number of nitrogens with zero attached hydrogens (tertiary/aromatic N) is 3. The molecule has 0 aliphatic heterocycles. The van der Waals surface area contributed by atoms with Crippen molar-refractivity contribution in [2.24, 2.45) is 0 Å². The topological polar surface area (TPSA) is 29.0 Å². The highest BCUT2D eigenvalue weighted by Gasteiger charge is 2.14. The maximum atomic E-state index is 5.77. The minimum Gasteiger partial charge on any atom is -0.343 e. The molecular weight excluding hydrogens is 230 g/mol. The quantitative estimate of drug-likeness (QED) is 0.724. The molecule has 0 amide bonds. The smallest absolute Gasteiger partial charge is 0.205 e. The number of hydrogen-bond donors (Lipinski definition) is 0. The van der Waals surface area contributed by atoms with Crippen molar-refractivity contribution in [3.63, 3.8) is 0 Å². The Balaban J connectivity index is 2.72. The van der Waals surface area contributed by atoms with Gasteiger partial charge >= 0.3 is 0 Å². The number of rotatable bonds is 6. The molecule has 0 atom stereocenters. The second-order valence-electron chi connectivity index (χ2n) is 3.72. The van der Waals surface area contributed by atoms with E-state index in [-0.39, 0.29) is 0 Å². The van der Waals surface area contributed by atoms with E-state index in [2.05, 4.69) is 35.0 Å². The molecule has 0 aliphatic carbocycles. The zero-order chi connectivity index (χ0) is 11.3. The molecule has 0 spiro atoms. The Labute approximate surface area is 101 Å². The van der Waals surface area contributed by atoms with Crippen LogP contribution in [0.3, 0.4) is 0 Å². The van der Waals surface area contributed by atoms with Crippen LogP contribution in [0.2, 0.25) is 0 Å². The molecule has 0 aliphatic rings. The fourth-order valence-electron chi connectivity index (χ4n) is 1.35. The average molecular weight is 248 g/mol. The molecule has 1 rings (SSSR count). The molecule has 0 fully saturated rings. The minimum atomic E-state index is 0.422. The number of aryl methyl sites for hydroxylation is 1. The van der Waals surface area contributed by atoms with E-state index in [1.807, 2.05) is 0 Å². The molecule has 15 heavy (non-hydrogen) atoms. The maximum Gasteiger partial charge on any atom is 0.205 e. The zero-order valence-corrected chi connectivity index (χ0v) is 11.1. The molecule has 0 bridgehead atoms. The molecule has 1 aromatic heterocycles. The van der Waals surface area contributed by atoms with Gasteiger partial charge in [-0.25, -0.2) is 4.98 Å². The van der Waals surface area contributed by atoms with Gasteiger partial charge in [0.05, 0.1) is 0 Å². The molecule has 3 nitrogen and oxygen atoms in total. The fourth-order valence-corrected chi connectivity index (χ4v) is 2.41. The lowest BCUT2D eigenvalue weighted by molar-refractivity contribution is 0.700. The summed E-state index contributed by atoms with van der Waals surface area (Å²) in [6.45, 7) is 7.26. The van der Waals surface area contributed by atoms with Gasteiger partial charge in [0.2, 0.25) is 5.13 Å². The van der Waals surface area contributed by atoms with Crippen molar-refractivity contribution < 1.29 is 0 Å². The molecule has 1 aromatic rings. The van der Waals surface area contributed by atoms with E-state index in [0.29, 0.717) is 11.9 Å². The van der Waals surface area contributed by atoms with Gasteiger partial charge in [0.1, 0.15) is 5.82 Å². The van der Waals surface area contributed by atoms with Crippen LogP contribution in [-0.4, -0.2) is 27.8 Å². The molecule has 0 saturated heterocycles. The van der Waals surface area contributed by atoms with Crippen LogP contribution in [0.4, 0.5) is 5.13 Å². The largest absolute Gasteiger partial charge is 0.343 e. The van der Waals surface area contributed by atoms with Crippen molar-refractivity contribution in [3.05, 3.63) is 5.82 Å². The van der Waals surface area contributed by atoms with Crippen LogP contribution >= 0.6 is 23.1 Å². The van der Waals surface area contributed by atoms with Crippen LogP contribution in [0.5, 0.6) is 0 Å². The summed E-state index contributed by atoms with van der Waals surface area (Å²) in [7, 11) is 0. The number of hydrogen-bond acceptors (Lipinski definition) is 4. The van der Waals surface area contributed by atoms with Crippen molar-refractivity contribution in [1.29, 1.82) is 0 Å². The zero-order valence-electron chi connectivity index (χ0n) is 9.53. The normalized spacial score (nSPS) is 11.0. The van der Waals surface area contributed by atoms with Crippen molar-refractivity contribution in [2.75, 3.05) is 17.3 Å². The number of alkyl halides is 1. The van der Waals surface area contributed by atoms with E-state index in [4.69, 9.17) is 11.6 Å². The molecule has 5 heteroatoms. The summed E-state index contributed by atoms with van der Waals surface area (Å²) in [5.74, 6) is 1.58. The molecular formula is C10H18ClN3S. The third-order valence-corrected chi connectivity index (χ3v) is 3.09. The Hall–Kier alpha value is -0.350. The standard InChI is InChI=1S/C10H18ClN3S/c1-4-5-9-12-10(15-13-9)14(7-6-11)8(2)3/h8H,4-7H2,1-3H3. The predicted molar refractivity (Wildman–Crippen MR) is 67.1 cm³/mol. The SMILES string of the molecule is CCCc1nsc(N(CCCl)C(C)C)n1. The Morgan fingerprint density at radius 1 is 1.47 bits per heavy atom. The number of aromatic nitrogens is 2. The summed E-state index contributed by atoms with van der Waals surface area (Å²) in [6.07, 6.45) is 2.05. The van der Waals surface area contributed by atoms with Crippen LogP contribution in [0.1, 0.15) is 33.0 Å². The summed E-state index contributed by atoms with van der Waals surface area (Å²) in [4.78, 5) is 6.71. The molecule has 0 aromatic carbocycles. The highest BCUT2D eigenvalue weighted by atomic mass is 35.5. The van der Waals surface area contributed by atoms with E-state index in [1.54, 1.807) is 0 Å². The Kier molecular flexibility index (Phi) is 5.32. The van der Waals surface area contributed by atoms with Crippen LogP contribution in [0.25, 0.3) is 0 Å². The van der Waals surface area contributed by atoms with E-state index in [0.717, 1.165) is 30.3 Å². The minimum absolute atomic E-state index is 0.422. The van der Waals surface area contributed by atoms with Crippen LogP contribution in [0, 0.1) is 0 Å². The molecule has 0 saturated carbocycles. The van der Waals surface area contributed by atoms with Gasteiger partial charge in [0.25, 0.3) is 0 Å². The van der Waals surface area contributed by atoms with Crippen molar-refractivity contribution in [2.45, 2.75) is 39.7 Å². The van der Waals surface area contributed by atoms with Crippen LogP contribution in [-0.2, 0) is 6.42 Å². The number of anilines is 1. The van der Waals surface area contributed by atoms with Gasteiger partial charge in [-0.3, -0.25) is 0 Å². The van der Waals surface area contributed by atoms with E-state index in [9.17, 15) is 0 Å². The third kappa shape index (κ3) is 3.61. The summed E-state index contributed by atoms with van der Waals surface area (Å²) in [6, 6.07) is 0.422.